The van der Waals surface area contributed by atoms with Crippen LogP contribution in [0.15, 0.2) is 52.4 Å². The maximum atomic E-state index is 13.7. The van der Waals surface area contributed by atoms with Crippen LogP contribution in [-0.4, -0.2) is 46.8 Å². The van der Waals surface area contributed by atoms with E-state index in [0.717, 1.165) is 5.56 Å². The Morgan fingerprint density at radius 3 is 2.58 bits per heavy atom. The lowest BCUT2D eigenvalue weighted by Crippen LogP contribution is -2.47. The molecule has 1 aromatic heterocycles. The number of likely N-dealkylation sites (N-methyl/N-ethyl adjacent to an activating group) is 1. The van der Waals surface area contributed by atoms with Crippen LogP contribution in [0.3, 0.4) is 0 Å². The van der Waals surface area contributed by atoms with E-state index in [-0.39, 0.29) is 30.3 Å². The molecule has 9 heteroatoms. The molecule has 0 aliphatic carbocycles. The molecule has 33 heavy (non-hydrogen) atoms. The molecule has 7 nitrogen and oxygen atoms in total. The second kappa shape index (κ2) is 9.35. The predicted octanol–water partition coefficient (Wildman–Crippen LogP) is 4.12. The van der Waals surface area contributed by atoms with Crippen molar-refractivity contribution < 1.29 is 18.8 Å². The Bertz CT molecular complexity index is 1080. The van der Waals surface area contributed by atoms with Gasteiger partial charge in [-0.15, -0.1) is 0 Å². The van der Waals surface area contributed by atoms with Crippen molar-refractivity contribution in [1.82, 2.24) is 15.1 Å². The largest absolute Gasteiger partial charge is 0.326 e. The van der Waals surface area contributed by atoms with Gasteiger partial charge < -0.3 is 15.5 Å². The molecule has 0 unspecified atom stereocenters. The van der Waals surface area contributed by atoms with Crippen LogP contribution >= 0.6 is 11.3 Å². The molecular formula is C24H27FN4O3S. The average molecular weight is 471 g/mol. The summed E-state index contributed by atoms with van der Waals surface area (Å²) in [4.78, 5) is 42.9. The number of halogens is 1. The van der Waals surface area contributed by atoms with Gasteiger partial charge in [-0.25, -0.2) is 9.18 Å². The molecule has 2 aliphatic heterocycles. The Morgan fingerprint density at radius 1 is 1.24 bits per heavy atom. The van der Waals surface area contributed by atoms with Crippen molar-refractivity contribution in [3.8, 4) is 0 Å². The first-order chi connectivity index (χ1) is 15.8. The average Bonchev–Trinajstić information content (AvgIpc) is 3.42. The van der Waals surface area contributed by atoms with Gasteiger partial charge in [-0.05, 0) is 65.9 Å². The van der Waals surface area contributed by atoms with Crippen LogP contribution in [0, 0.1) is 11.7 Å². The number of nitrogens with one attached hydrogen (secondary N) is 2. The van der Waals surface area contributed by atoms with Crippen molar-refractivity contribution in [2.75, 3.05) is 18.4 Å². The molecule has 4 amide bonds. The molecule has 2 aliphatic rings. The van der Waals surface area contributed by atoms with Crippen molar-refractivity contribution >= 4 is 34.9 Å². The first-order valence-corrected chi connectivity index (χ1v) is 11.9. The summed E-state index contributed by atoms with van der Waals surface area (Å²) in [6.07, 6.45) is 0.454. The van der Waals surface area contributed by atoms with Gasteiger partial charge in [-0.1, -0.05) is 13.8 Å². The highest BCUT2D eigenvalue weighted by Crippen LogP contribution is 2.38. The summed E-state index contributed by atoms with van der Waals surface area (Å²) in [5.41, 5.74) is 2.47. The molecule has 174 valence electrons. The molecule has 2 N–H and O–H groups in total. The molecular weight excluding hydrogens is 443 g/mol. The molecule has 2 aromatic rings. The van der Waals surface area contributed by atoms with Gasteiger partial charge in [0.2, 0.25) is 5.91 Å². The fraction of sp³-hybridized carbons (Fsp3) is 0.375. The maximum absolute atomic E-state index is 13.7. The van der Waals surface area contributed by atoms with Crippen LogP contribution in [0.1, 0.15) is 38.8 Å². The Kier molecular flexibility index (Phi) is 6.51. The van der Waals surface area contributed by atoms with Crippen LogP contribution in [0.5, 0.6) is 0 Å². The smallest absolute Gasteiger partial charge is 0.322 e. The zero-order chi connectivity index (χ0) is 23.7. The Labute approximate surface area is 196 Å². The topological polar surface area (TPSA) is 81.8 Å². The minimum atomic E-state index is -0.731. The summed E-state index contributed by atoms with van der Waals surface area (Å²) < 4.78 is 13.3. The number of amides is 4. The highest BCUT2D eigenvalue weighted by atomic mass is 32.1. The van der Waals surface area contributed by atoms with Crippen LogP contribution in [-0.2, 0) is 9.59 Å². The molecule has 0 spiro atoms. The first kappa shape index (κ1) is 23.0. The summed E-state index contributed by atoms with van der Waals surface area (Å²) in [5, 5.41) is 9.58. The SMILES string of the molecule is CCN1C(=O)N[C@H](c2ccsc2)C2=C1CN([C@@H](CC(C)C)C(=O)Nc1ccc(F)cc1)C2=O. The van der Waals surface area contributed by atoms with E-state index < -0.39 is 17.9 Å². The molecule has 0 radical (unpaired) electrons. The number of urea groups is 1. The van der Waals surface area contributed by atoms with E-state index in [1.165, 1.54) is 35.6 Å². The van der Waals surface area contributed by atoms with E-state index in [1.807, 2.05) is 37.6 Å². The number of thiophene rings is 1. The second-order valence-corrected chi connectivity index (χ2v) is 9.40. The fourth-order valence-electron chi connectivity index (χ4n) is 4.37. The molecule has 0 bridgehead atoms. The molecule has 1 aromatic carbocycles. The number of benzene rings is 1. The van der Waals surface area contributed by atoms with E-state index in [0.29, 0.717) is 29.9 Å². The van der Waals surface area contributed by atoms with Gasteiger partial charge in [0.25, 0.3) is 5.91 Å². The van der Waals surface area contributed by atoms with Crippen molar-refractivity contribution in [3.05, 3.63) is 63.7 Å². The fourth-order valence-corrected chi connectivity index (χ4v) is 5.06. The van der Waals surface area contributed by atoms with Gasteiger partial charge >= 0.3 is 6.03 Å². The lowest BCUT2D eigenvalue weighted by atomic mass is 9.97. The van der Waals surface area contributed by atoms with Gasteiger partial charge in [-0.2, -0.15) is 11.3 Å². The highest BCUT2D eigenvalue weighted by Gasteiger charge is 2.46. The Hall–Kier alpha value is -3.20. The third-order valence-electron chi connectivity index (χ3n) is 5.93. The van der Waals surface area contributed by atoms with E-state index in [9.17, 15) is 18.8 Å². The summed E-state index contributed by atoms with van der Waals surface area (Å²) >= 11 is 1.50. The highest BCUT2D eigenvalue weighted by molar-refractivity contribution is 7.08. The van der Waals surface area contributed by atoms with Crippen molar-refractivity contribution in [3.63, 3.8) is 0 Å². The van der Waals surface area contributed by atoms with Gasteiger partial charge in [0.15, 0.2) is 0 Å². The van der Waals surface area contributed by atoms with E-state index in [1.54, 1.807) is 9.80 Å². The van der Waals surface area contributed by atoms with Crippen molar-refractivity contribution in [2.24, 2.45) is 5.92 Å². The third kappa shape index (κ3) is 4.50. The van der Waals surface area contributed by atoms with E-state index in [2.05, 4.69) is 10.6 Å². The summed E-state index contributed by atoms with van der Waals surface area (Å²) in [6.45, 7) is 6.44. The molecule has 3 heterocycles. The molecule has 2 atom stereocenters. The van der Waals surface area contributed by atoms with E-state index >= 15 is 0 Å². The maximum Gasteiger partial charge on any atom is 0.322 e. The third-order valence-corrected chi connectivity index (χ3v) is 6.63. The molecule has 0 saturated carbocycles. The summed E-state index contributed by atoms with van der Waals surface area (Å²) in [7, 11) is 0. The number of hydrogen-bond acceptors (Lipinski definition) is 4. The van der Waals surface area contributed by atoms with Crippen LogP contribution < -0.4 is 10.6 Å². The minimum Gasteiger partial charge on any atom is -0.326 e. The normalized spacial score (nSPS) is 19.1. The number of anilines is 1. The number of carbonyl (C=O) groups excluding carboxylic acids is 3. The standard InChI is InChI=1S/C24H27FN4O3S/c1-4-28-19-12-29(23(31)20(19)21(27-24(28)32)15-9-10-33-13-15)18(11-14(2)3)22(30)26-17-7-5-16(25)6-8-17/h5-10,13-14,18,21H,4,11-12H2,1-3H3,(H,26,30)(H,27,32)/t18-,21+/m0/s1. The minimum absolute atomic E-state index is 0.147. The Morgan fingerprint density at radius 2 is 1.97 bits per heavy atom. The first-order valence-electron chi connectivity index (χ1n) is 11.0. The zero-order valence-corrected chi connectivity index (χ0v) is 19.6. The van der Waals surface area contributed by atoms with Gasteiger partial charge in [0, 0.05) is 12.2 Å². The summed E-state index contributed by atoms with van der Waals surface area (Å²) in [5.74, 6) is -0.832. The molecule has 0 fully saturated rings. The molecule has 0 saturated heterocycles. The number of carbonyl (C=O) groups is 3. The van der Waals surface area contributed by atoms with Crippen LogP contribution in [0.4, 0.5) is 14.9 Å². The number of hydrogen-bond donors (Lipinski definition) is 2. The van der Waals surface area contributed by atoms with Crippen LogP contribution in [0.2, 0.25) is 0 Å². The van der Waals surface area contributed by atoms with Gasteiger partial charge in [0.1, 0.15) is 11.9 Å². The summed E-state index contributed by atoms with van der Waals surface area (Å²) in [6, 6.07) is 5.89. The van der Waals surface area contributed by atoms with Crippen LogP contribution in [0.25, 0.3) is 0 Å². The Balaban J connectivity index is 1.65. The lowest BCUT2D eigenvalue weighted by Gasteiger charge is -2.32. The predicted molar refractivity (Wildman–Crippen MR) is 125 cm³/mol. The van der Waals surface area contributed by atoms with Crippen molar-refractivity contribution in [2.45, 2.75) is 39.3 Å². The van der Waals surface area contributed by atoms with Crippen molar-refractivity contribution in [1.29, 1.82) is 0 Å². The van der Waals surface area contributed by atoms with E-state index in [4.69, 9.17) is 0 Å². The van der Waals surface area contributed by atoms with Gasteiger partial charge in [-0.3, -0.25) is 14.5 Å². The lowest BCUT2D eigenvalue weighted by molar-refractivity contribution is -0.134. The quantitative estimate of drug-likeness (QED) is 0.639. The monoisotopic (exact) mass is 470 g/mol. The molecule has 4 rings (SSSR count). The number of nitrogens with zero attached hydrogens (tertiary/aromatic N) is 2. The van der Waals surface area contributed by atoms with Gasteiger partial charge in [0.05, 0.1) is 23.9 Å². The number of rotatable bonds is 7. The zero-order valence-electron chi connectivity index (χ0n) is 18.8. The second-order valence-electron chi connectivity index (χ2n) is 8.62.